The Morgan fingerprint density at radius 3 is 2.41 bits per heavy atom. The number of ether oxygens (including phenoxy) is 2. The van der Waals surface area contributed by atoms with Gasteiger partial charge in [-0.2, -0.15) is 0 Å². The maximum Gasteiger partial charge on any atom is 0.409 e. The molecule has 0 aliphatic rings. The van der Waals surface area contributed by atoms with E-state index in [2.05, 4.69) is 45.7 Å². The molecule has 10 heteroatoms. The van der Waals surface area contributed by atoms with Gasteiger partial charge in [0, 0.05) is 24.6 Å². The van der Waals surface area contributed by atoms with E-state index >= 15 is 0 Å². The van der Waals surface area contributed by atoms with Gasteiger partial charge in [0.1, 0.15) is 12.1 Å². The monoisotopic (exact) mass is 577 g/mol. The SMILES string of the molecule is CCCCC(C)NC(=O)OC(C)NC(=O)OCCc1ccc(NC(=O)c2cc(Br)c[n+](CCC)c2)cc1. The summed E-state index contributed by atoms with van der Waals surface area (Å²) in [7, 11) is 0. The van der Waals surface area contributed by atoms with Crippen LogP contribution in [0.3, 0.4) is 0 Å². The van der Waals surface area contributed by atoms with Gasteiger partial charge in [-0.3, -0.25) is 10.1 Å². The number of amides is 3. The minimum Gasteiger partial charge on any atom is -0.449 e. The van der Waals surface area contributed by atoms with Crippen LogP contribution in [0.5, 0.6) is 0 Å². The van der Waals surface area contributed by atoms with Crippen molar-refractivity contribution in [3.8, 4) is 0 Å². The smallest absolute Gasteiger partial charge is 0.409 e. The molecule has 0 radical (unpaired) electrons. The van der Waals surface area contributed by atoms with Gasteiger partial charge in [-0.05, 0) is 60.0 Å². The van der Waals surface area contributed by atoms with Crippen LogP contribution in [0.2, 0.25) is 0 Å². The minimum absolute atomic E-state index is 0.00414. The molecule has 37 heavy (non-hydrogen) atoms. The Bertz CT molecular complexity index is 1030. The van der Waals surface area contributed by atoms with E-state index < -0.39 is 18.4 Å². The van der Waals surface area contributed by atoms with Crippen molar-refractivity contribution in [2.24, 2.45) is 0 Å². The molecular weight excluding hydrogens is 540 g/mol. The Morgan fingerprint density at radius 1 is 1.00 bits per heavy atom. The number of carbonyl (C=O) groups excluding carboxylic acids is 3. The predicted octanol–water partition coefficient (Wildman–Crippen LogP) is 5.32. The highest BCUT2D eigenvalue weighted by molar-refractivity contribution is 9.10. The van der Waals surface area contributed by atoms with E-state index in [4.69, 9.17) is 9.47 Å². The molecule has 3 N–H and O–H groups in total. The van der Waals surface area contributed by atoms with Crippen LogP contribution in [0.25, 0.3) is 0 Å². The number of pyridine rings is 1. The van der Waals surface area contributed by atoms with E-state index in [1.54, 1.807) is 25.1 Å². The third-order valence-corrected chi connectivity index (χ3v) is 5.86. The molecule has 0 aliphatic heterocycles. The number of halogens is 1. The standard InChI is InChI=1S/C27H37BrN4O5/c1-5-7-8-19(3)29-27(35)37-20(4)30-26(34)36-15-13-21-9-11-24(12-10-21)31-25(33)22-16-23(28)18-32(17-22)14-6-2/h9-12,16-20H,5-8,13-15H2,1-4H3,(H2-,29,30,31,33,34,35)/p+1. The van der Waals surface area contributed by atoms with Gasteiger partial charge in [0.25, 0.3) is 5.91 Å². The molecule has 1 heterocycles. The van der Waals surface area contributed by atoms with Crippen LogP contribution in [0, 0.1) is 0 Å². The molecule has 0 spiro atoms. The molecule has 1 aromatic heterocycles. The van der Waals surface area contributed by atoms with Crippen LogP contribution in [0.4, 0.5) is 15.3 Å². The summed E-state index contributed by atoms with van der Waals surface area (Å²) in [5.41, 5.74) is 2.18. The van der Waals surface area contributed by atoms with Crippen LogP contribution in [0.15, 0.2) is 47.2 Å². The van der Waals surface area contributed by atoms with Gasteiger partial charge in [-0.1, -0.05) is 38.8 Å². The fourth-order valence-electron chi connectivity index (χ4n) is 3.54. The first-order chi connectivity index (χ1) is 17.7. The van der Waals surface area contributed by atoms with Gasteiger partial charge in [0.05, 0.1) is 11.1 Å². The molecule has 2 atom stereocenters. The highest BCUT2D eigenvalue weighted by Crippen LogP contribution is 2.14. The first kappa shape index (κ1) is 30.1. The molecule has 0 bridgehead atoms. The molecule has 3 amide bonds. The Balaban J connectivity index is 1.73. The Morgan fingerprint density at radius 2 is 1.73 bits per heavy atom. The van der Waals surface area contributed by atoms with E-state index in [1.165, 1.54) is 0 Å². The van der Waals surface area contributed by atoms with E-state index in [0.717, 1.165) is 42.3 Å². The number of aromatic nitrogens is 1. The maximum atomic E-state index is 12.7. The van der Waals surface area contributed by atoms with Crippen molar-refractivity contribution in [3.05, 3.63) is 58.3 Å². The fraction of sp³-hybridized carbons (Fsp3) is 0.481. The Labute approximate surface area is 227 Å². The van der Waals surface area contributed by atoms with Gasteiger partial charge < -0.3 is 20.1 Å². The van der Waals surface area contributed by atoms with Crippen molar-refractivity contribution >= 4 is 39.7 Å². The van der Waals surface area contributed by atoms with Gasteiger partial charge in [0.2, 0.25) is 0 Å². The first-order valence-corrected chi connectivity index (χ1v) is 13.5. The van der Waals surface area contributed by atoms with Crippen LogP contribution in [-0.4, -0.2) is 37.0 Å². The minimum atomic E-state index is -0.824. The van der Waals surface area contributed by atoms with Crippen molar-refractivity contribution in [2.75, 3.05) is 11.9 Å². The van der Waals surface area contributed by atoms with E-state index in [-0.39, 0.29) is 18.6 Å². The Hall–Kier alpha value is -3.14. The lowest BCUT2D eigenvalue weighted by Crippen LogP contribution is -2.41. The summed E-state index contributed by atoms with van der Waals surface area (Å²) in [4.78, 5) is 36.5. The zero-order valence-corrected chi connectivity index (χ0v) is 23.6. The molecular formula is C27H38BrN4O5+. The number of rotatable bonds is 13. The van der Waals surface area contributed by atoms with Gasteiger partial charge >= 0.3 is 12.2 Å². The number of alkyl carbamates (subject to hydrolysis) is 2. The summed E-state index contributed by atoms with van der Waals surface area (Å²) >= 11 is 3.45. The second-order valence-corrected chi connectivity index (χ2v) is 9.81. The van der Waals surface area contributed by atoms with Gasteiger partial charge in [-0.25, -0.2) is 14.2 Å². The summed E-state index contributed by atoms with van der Waals surface area (Å²) < 4.78 is 13.1. The Kier molecular flexibility index (Phi) is 12.9. The first-order valence-electron chi connectivity index (χ1n) is 12.7. The van der Waals surface area contributed by atoms with E-state index in [0.29, 0.717) is 17.7 Å². The highest BCUT2D eigenvalue weighted by atomic mass is 79.9. The summed E-state index contributed by atoms with van der Waals surface area (Å²) in [6, 6.07) is 9.13. The molecule has 0 saturated heterocycles. The molecule has 0 aliphatic carbocycles. The zero-order valence-electron chi connectivity index (χ0n) is 22.0. The molecule has 0 fully saturated rings. The van der Waals surface area contributed by atoms with Crippen LogP contribution in [-0.2, 0) is 22.4 Å². The average Bonchev–Trinajstić information content (AvgIpc) is 2.83. The maximum absolute atomic E-state index is 12.7. The molecule has 2 aromatic rings. The largest absolute Gasteiger partial charge is 0.449 e. The fourth-order valence-corrected chi connectivity index (χ4v) is 4.05. The molecule has 9 nitrogen and oxygen atoms in total. The number of hydrogen-bond donors (Lipinski definition) is 3. The zero-order chi connectivity index (χ0) is 27.2. The molecule has 1 aromatic carbocycles. The van der Waals surface area contributed by atoms with Crippen molar-refractivity contribution in [2.45, 2.75) is 78.6 Å². The lowest BCUT2D eigenvalue weighted by atomic mass is 10.1. The number of nitrogens with one attached hydrogen (secondary N) is 3. The highest BCUT2D eigenvalue weighted by Gasteiger charge is 2.15. The van der Waals surface area contributed by atoms with E-state index in [1.807, 2.05) is 36.0 Å². The number of hydrogen-bond acceptors (Lipinski definition) is 5. The number of anilines is 1. The summed E-state index contributed by atoms with van der Waals surface area (Å²) in [6.45, 7) is 8.62. The number of unbranched alkanes of at least 4 members (excludes halogenated alkanes) is 1. The lowest BCUT2D eigenvalue weighted by molar-refractivity contribution is -0.697. The molecule has 2 rings (SSSR count). The molecule has 0 saturated carbocycles. The van der Waals surface area contributed by atoms with E-state index in [9.17, 15) is 14.4 Å². The quantitative estimate of drug-likeness (QED) is 0.220. The predicted molar refractivity (Wildman–Crippen MR) is 145 cm³/mol. The third-order valence-electron chi connectivity index (χ3n) is 5.43. The number of aryl methyl sites for hydroxylation is 1. The molecule has 2 unspecified atom stereocenters. The number of carbonyl (C=O) groups is 3. The normalized spacial score (nSPS) is 12.2. The summed E-state index contributed by atoms with van der Waals surface area (Å²) in [5.74, 6) is -0.195. The van der Waals surface area contributed by atoms with Gasteiger partial charge in [-0.15, -0.1) is 0 Å². The van der Waals surface area contributed by atoms with Crippen LogP contribution >= 0.6 is 15.9 Å². The third kappa shape index (κ3) is 11.6. The second-order valence-electron chi connectivity index (χ2n) is 8.90. The van der Waals surface area contributed by atoms with Crippen molar-refractivity contribution in [1.29, 1.82) is 0 Å². The number of benzene rings is 1. The van der Waals surface area contributed by atoms with Crippen molar-refractivity contribution in [3.63, 3.8) is 0 Å². The van der Waals surface area contributed by atoms with Crippen LogP contribution < -0.4 is 20.5 Å². The van der Waals surface area contributed by atoms with Crippen molar-refractivity contribution in [1.82, 2.24) is 10.6 Å². The molecule has 202 valence electrons. The summed E-state index contributed by atoms with van der Waals surface area (Å²) in [6.07, 6.45) is 6.10. The topological polar surface area (TPSA) is 110 Å². The second kappa shape index (κ2) is 15.9. The van der Waals surface area contributed by atoms with Gasteiger partial charge in [0.15, 0.2) is 18.6 Å². The summed E-state index contributed by atoms with van der Waals surface area (Å²) in [5, 5.41) is 8.11. The number of nitrogens with zero attached hydrogens (tertiary/aromatic N) is 1. The van der Waals surface area contributed by atoms with Crippen LogP contribution in [0.1, 0.15) is 69.3 Å². The average molecular weight is 579 g/mol. The lowest BCUT2D eigenvalue weighted by Gasteiger charge is -2.18. The van der Waals surface area contributed by atoms with Crippen molar-refractivity contribution < 1.29 is 28.4 Å².